The fourth-order valence-corrected chi connectivity index (χ4v) is 5.00. The Balaban J connectivity index is 1.33. The number of carboxylic acid groups (broad SMARTS) is 2. The SMILES string of the molecule is CC(C)(C)C(=O)NC1=Nc2ccc3ccc(CNc4ccc5c(c4)CN([C@@H](CCC(=O)O)C(=O)O)C5=O)cc3c2C(=O)[N]1. The lowest BCUT2D eigenvalue weighted by molar-refractivity contribution is -0.143. The Morgan fingerprint density at radius 2 is 1.77 bits per heavy atom. The van der Waals surface area contributed by atoms with Crippen LogP contribution in [0.15, 0.2) is 53.5 Å². The Hall–Kier alpha value is -5.26. The van der Waals surface area contributed by atoms with E-state index in [9.17, 15) is 29.1 Å². The van der Waals surface area contributed by atoms with Crippen LogP contribution in [0.3, 0.4) is 0 Å². The third-order valence-electron chi connectivity index (χ3n) is 7.34. The van der Waals surface area contributed by atoms with Gasteiger partial charge in [0.15, 0.2) is 0 Å². The van der Waals surface area contributed by atoms with Gasteiger partial charge in [-0.25, -0.2) is 9.79 Å². The number of carbonyl (C=O) groups is 5. The van der Waals surface area contributed by atoms with Gasteiger partial charge in [-0.05, 0) is 58.7 Å². The minimum Gasteiger partial charge on any atom is -0.481 e. The molecule has 5 rings (SSSR count). The average molecular weight is 585 g/mol. The van der Waals surface area contributed by atoms with E-state index >= 15 is 0 Å². The number of amides is 3. The Labute approximate surface area is 246 Å². The molecule has 0 bridgehead atoms. The highest BCUT2D eigenvalue weighted by Crippen LogP contribution is 2.32. The second kappa shape index (κ2) is 11.2. The maximum absolute atomic E-state index is 13.0. The van der Waals surface area contributed by atoms with Crippen molar-refractivity contribution in [1.29, 1.82) is 0 Å². The molecule has 0 unspecified atom stereocenters. The van der Waals surface area contributed by atoms with E-state index in [1.54, 1.807) is 45.0 Å². The number of aliphatic carboxylic acids is 2. The van der Waals surface area contributed by atoms with Crippen molar-refractivity contribution in [2.45, 2.75) is 52.7 Å². The molecule has 3 aromatic rings. The molecule has 3 aromatic carbocycles. The average Bonchev–Trinajstić information content (AvgIpc) is 3.25. The van der Waals surface area contributed by atoms with Crippen molar-refractivity contribution >= 4 is 57.8 Å². The largest absolute Gasteiger partial charge is 0.481 e. The molecule has 221 valence electrons. The predicted molar refractivity (Wildman–Crippen MR) is 157 cm³/mol. The number of carbonyl (C=O) groups excluding carboxylic acids is 3. The van der Waals surface area contributed by atoms with Gasteiger partial charge in [-0.3, -0.25) is 24.5 Å². The third-order valence-corrected chi connectivity index (χ3v) is 7.34. The number of guanidine groups is 1. The van der Waals surface area contributed by atoms with Gasteiger partial charge in [0.2, 0.25) is 11.9 Å². The highest BCUT2D eigenvalue weighted by atomic mass is 16.4. The molecule has 0 fully saturated rings. The van der Waals surface area contributed by atoms with Gasteiger partial charge in [0.25, 0.3) is 11.8 Å². The highest BCUT2D eigenvalue weighted by Gasteiger charge is 2.36. The van der Waals surface area contributed by atoms with Crippen LogP contribution in [0.5, 0.6) is 0 Å². The van der Waals surface area contributed by atoms with Crippen LogP contribution in [0.1, 0.15) is 65.5 Å². The Morgan fingerprint density at radius 3 is 2.47 bits per heavy atom. The molecule has 2 aliphatic rings. The summed E-state index contributed by atoms with van der Waals surface area (Å²) in [5.74, 6) is -3.67. The van der Waals surface area contributed by atoms with E-state index in [4.69, 9.17) is 5.11 Å². The molecule has 4 N–H and O–H groups in total. The van der Waals surface area contributed by atoms with Crippen LogP contribution in [0.25, 0.3) is 10.8 Å². The first-order chi connectivity index (χ1) is 20.3. The van der Waals surface area contributed by atoms with Crippen LogP contribution < -0.4 is 16.0 Å². The lowest BCUT2D eigenvalue weighted by atomic mass is 9.96. The number of anilines is 1. The molecule has 2 aliphatic heterocycles. The van der Waals surface area contributed by atoms with Crippen molar-refractivity contribution in [2.75, 3.05) is 5.32 Å². The van der Waals surface area contributed by atoms with Crippen LogP contribution in [-0.2, 0) is 27.5 Å². The molecular weight excluding hydrogens is 554 g/mol. The normalized spacial score (nSPS) is 14.9. The number of fused-ring (bicyclic) bond motifs is 4. The molecule has 0 aliphatic carbocycles. The second-order valence-electron chi connectivity index (χ2n) is 11.5. The number of nitrogens with one attached hydrogen (secondary N) is 2. The number of hydrogen-bond acceptors (Lipinski definition) is 7. The first-order valence-electron chi connectivity index (χ1n) is 13.7. The van der Waals surface area contributed by atoms with Crippen LogP contribution in [-0.4, -0.2) is 56.8 Å². The molecule has 0 saturated heterocycles. The zero-order valence-corrected chi connectivity index (χ0v) is 23.8. The maximum atomic E-state index is 13.0. The quantitative estimate of drug-likeness (QED) is 0.310. The van der Waals surface area contributed by atoms with E-state index < -0.39 is 35.2 Å². The predicted octanol–water partition coefficient (Wildman–Crippen LogP) is 3.63. The first-order valence-corrected chi connectivity index (χ1v) is 13.7. The summed E-state index contributed by atoms with van der Waals surface area (Å²) in [5, 5.41) is 30.0. The molecular formula is C31H30N5O7. The molecule has 0 aromatic heterocycles. The lowest BCUT2D eigenvalue weighted by Crippen LogP contribution is -2.45. The number of benzene rings is 3. The zero-order valence-electron chi connectivity index (χ0n) is 23.8. The van der Waals surface area contributed by atoms with Gasteiger partial charge in [-0.1, -0.05) is 39.0 Å². The van der Waals surface area contributed by atoms with E-state index in [-0.39, 0.29) is 31.3 Å². The van der Waals surface area contributed by atoms with Gasteiger partial charge in [0.05, 0.1) is 11.3 Å². The number of aliphatic imine (C=N–C) groups is 1. The molecule has 43 heavy (non-hydrogen) atoms. The van der Waals surface area contributed by atoms with Gasteiger partial charge >= 0.3 is 11.9 Å². The minimum atomic E-state index is -1.25. The van der Waals surface area contributed by atoms with Crippen molar-refractivity contribution in [3.63, 3.8) is 0 Å². The molecule has 2 heterocycles. The lowest BCUT2D eigenvalue weighted by Gasteiger charge is -2.23. The standard InChI is InChI=1S/C31H30N5O7/c1-31(2,3)29(43)35-30-33-22-9-6-17-5-4-16(12-21(17)25(22)26(39)34-30)14-32-19-7-8-20-18(13-19)15-36(27(20)40)23(28(41)42)10-11-24(37)38/h4-9,12-13,23,32H,10-11,14-15H2,1-3H3,(H,37,38)(H,41,42)(H,33,35,43)/t23-/m0/s1. The Bertz CT molecular complexity index is 1720. The van der Waals surface area contributed by atoms with Gasteiger partial charge in [0, 0.05) is 36.2 Å². The monoisotopic (exact) mass is 584 g/mol. The van der Waals surface area contributed by atoms with Gasteiger partial charge < -0.3 is 20.4 Å². The summed E-state index contributed by atoms with van der Waals surface area (Å²) in [6.07, 6.45) is -0.547. The van der Waals surface area contributed by atoms with Crippen LogP contribution in [0.2, 0.25) is 0 Å². The number of carboxylic acids is 2. The fourth-order valence-electron chi connectivity index (χ4n) is 5.00. The van der Waals surface area contributed by atoms with Crippen LogP contribution in [0, 0.1) is 5.41 Å². The smallest absolute Gasteiger partial charge is 0.326 e. The minimum absolute atomic E-state index is 0.0418. The molecule has 1 radical (unpaired) electrons. The van der Waals surface area contributed by atoms with Crippen LogP contribution in [0.4, 0.5) is 11.4 Å². The van der Waals surface area contributed by atoms with E-state index in [2.05, 4.69) is 20.9 Å². The van der Waals surface area contributed by atoms with Crippen molar-refractivity contribution in [2.24, 2.45) is 10.4 Å². The fraction of sp³-hybridized carbons (Fsp3) is 0.290. The summed E-state index contributed by atoms with van der Waals surface area (Å²) < 4.78 is 0. The third kappa shape index (κ3) is 6.03. The summed E-state index contributed by atoms with van der Waals surface area (Å²) in [6.45, 7) is 5.70. The van der Waals surface area contributed by atoms with E-state index in [1.165, 1.54) is 4.90 Å². The maximum Gasteiger partial charge on any atom is 0.326 e. The summed E-state index contributed by atoms with van der Waals surface area (Å²) in [5.41, 5.74) is 2.67. The van der Waals surface area contributed by atoms with Crippen molar-refractivity contribution < 1.29 is 34.2 Å². The molecule has 0 saturated carbocycles. The molecule has 12 heteroatoms. The summed E-state index contributed by atoms with van der Waals surface area (Å²) in [6, 6.07) is 13.1. The molecule has 1 atom stereocenters. The number of rotatable bonds is 8. The van der Waals surface area contributed by atoms with Crippen LogP contribution >= 0.6 is 0 Å². The number of nitrogens with zero attached hydrogens (tertiary/aromatic N) is 3. The number of hydrogen-bond donors (Lipinski definition) is 4. The molecule has 3 amide bonds. The molecule has 12 nitrogen and oxygen atoms in total. The van der Waals surface area contributed by atoms with Gasteiger partial charge in [-0.2, -0.15) is 5.32 Å². The summed E-state index contributed by atoms with van der Waals surface area (Å²) >= 11 is 0. The topological polar surface area (TPSA) is 180 Å². The van der Waals surface area contributed by atoms with Gasteiger partial charge in [0.1, 0.15) is 6.04 Å². The molecule has 0 spiro atoms. The zero-order chi connectivity index (χ0) is 31.1. The van der Waals surface area contributed by atoms with Crippen molar-refractivity contribution in [1.82, 2.24) is 15.5 Å². The van der Waals surface area contributed by atoms with E-state index in [0.717, 1.165) is 10.9 Å². The summed E-state index contributed by atoms with van der Waals surface area (Å²) in [7, 11) is 0. The Morgan fingerprint density at radius 1 is 1.02 bits per heavy atom. The van der Waals surface area contributed by atoms with E-state index in [1.807, 2.05) is 24.3 Å². The highest BCUT2D eigenvalue weighted by molar-refractivity contribution is 6.20. The Kier molecular flexibility index (Phi) is 7.61. The van der Waals surface area contributed by atoms with E-state index in [0.29, 0.717) is 40.0 Å². The van der Waals surface area contributed by atoms with Crippen molar-refractivity contribution in [3.05, 3.63) is 70.8 Å². The second-order valence-corrected chi connectivity index (χ2v) is 11.5. The van der Waals surface area contributed by atoms with Gasteiger partial charge in [-0.15, -0.1) is 0 Å². The first kappa shape index (κ1) is 29.2. The van der Waals surface area contributed by atoms with Crippen molar-refractivity contribution in [3.8, 4) is 0 Å². The summed E-state index contributed by atoms with van der Waals surface area (Å²) in [4.78, 5) is 66.6.